The minimum Gasteiger partial charge on any atom is -0.227 e. The van der Waals surface area contributed by atoms with Crippen LogP contribution in [0, 0.1) is 11.3 Å². The molecule has 5 rings (SSSR count). The van der Waals surface area contributed by atoms with Crippen LogP contribution >= 0.6 is 15.9 Å². The minimum atomic E-state index is 0.527. The molecule has 0 unspecified atom stereocenters. The first-order valence-corrected chi connectivity index (χ1v) is 10.2. The fourth-order valence-electron chi connectivity index (χ4n) is 3.51. The van der Waals surface area contributed by atoms with E-state index in [0.29, 0.717) is 11.3 Å². The van der Waals surface area contributed by atoms with Gasteiger partial charge in [0, 0.05) is 21.0 Å². The first kappa shape index (κ1) is 18.3. The van der Waals surface area contributed by atoms with Crippen molar-refractivity contribution in [1.82, 2.24) is 14.8 Å². The standard InChI is InChI=1S/C25H15BrN4/c26-20-13-11-18(12-14-20)24-22-15-19(16-27)23(17-7-3-1-4-8-17)28-25(22)30(29-24)21-9-5-2-6-10-21/h1-15H. The van der Waals surface area contributed by atoms with Crippen LogP contribution in [0.2, 0.25) is 0 Å². The third kappa shape index (κ3) is 3.18. The van der Waals surface area contributed by atoms with E-state index >= 15 is 0 Å². The molecule has 0 atom stereocenters. The van der Waals surface area contributed by atoms with Crippen LogP contribution in [-0.2, 0) is 0 Å². The van der Waals surface area contributed by atoms with Crippen LogP contribution < -0.4 is 0 Å². The number of rotatable bonds is 3. The third-order valence-corrected chi connectivity index (χ3v) is 5.47. The largest absolute Gasteiger partial charge is 0.227 e. The molecule has 0 spiro atoms. The Hall–Kier alpha value is -3.75. The van der Waals surface area contributed by atoms with Gasteiger partial charge in [0.1, 0.15) is 11.8 Å². The number of para-hydroxylation sites is 1. The minimum absolute atomic E-state index is 0.527. The molecule has 5 heteroatoms. The normalized spacial score (nSPS) is 10.8. The van der Waals surface area contributed by atoms with Gasteiger partial charge in [0.15, 0.2) is 5.65 Å². The molecular formula is C25H15BrN4. The van der Waals surface area contributed by atoms with E-state index in [9.17, 15) is 5.26 Å². The maximum atomic E-state index is 9.84. The van der Waals surface area contributed by atoms with Gasteiger partial charge in [0.05, 0.1) is 16.9 Å². The second kappa shape index (κ2) is 7.58. The van der Waals surface area contributed by atoms with Crippen LogP contribution in [0.15, 0.2) is 95.5 Å². The highest BCUT2D eigenvalue weighted by molar-refractivity contribution is 9.10. The maximum absolute atomic E-state index is 9.84. The summed E-state index contributed by atoms with van der Waals surface area (Å²) in [5.74, 6) is 0. The van der Waals surface area contributed by atoms with E-state index in [0.717, 1.165) is 38.0 Å². The molecule has 3 aromatic carbocycles. The van der Waals surface area contributed by atoms with Crippen molar-refractivity contribution < 1.29 is 0 Å². The maximum Gasteiger partial charge on any atom is 0.164 e. The molecule has 142 valence electrons. The fourth-order valence-corrected chi connectivity index (χ4v) is 3.78. The summed E-state index contributed by atoms with van der Waals surface area (Å²) < 4.78 is 2.85. The molecule has 0 aliphatic rings. The van der Waals surface area contributed by atoms with Gasteiger partial charge in [-0.3, -0.25) is 0 Å². The molecule has 0 saturated heterocycles. The number of nitrogens with zero attached hydrogens (tertiary/aromatic N) is 4. The summed E-state index contributed by atoms with van der Waals surface area (Å²) in [4.78, 5) is 4.93. The van der Waals surface area contributed by atoms with Crippen LogP contribution in [-0.4, -0.2) is 14.8 Å². The van der Waals surface area contributed by atoms with Crippen molar-refractivity contribution in [3.05, 3.63) is 101 Å². The van der Waals surface area contributed by atoms with Gasteiger partial charge in [-0.15, -0.1) is 0 Å². The van der Waals surface area contributed by atoms with Crippen LogP contribution in [0.25, 0.3) is 39.2 Å². The van der Waals surface area contributed by atoms with Gasteiger partial charge in [-0.25, -0.2) is 9.67 Å². The van der Waals surface area contributed by atoms with Crippen LogP contribution in [0.4, 0.5) is 0 Å². The molecule has 2 aromatic heterocycles. The average Bonchev–Trinajstić information content (AvgIpc) is 3.18. The molecule has 0 amide bonds. The van der Waals surface area contributed by atoms with E-state index in [1.165, 1.54) is 0 Å². The number of fused-ring (bicyclic) bond motifs is 1. The monoisotopic (exact) mass is 450 g/mol. The quantitative estimate of drug-likeness (QED) is 0.320. The predicted octanol–water partition coefficient (Wildman–Crippen LogP) is 6.39. The van der Waals surface area contributed by atoms with E-state index in [-0.39, 0.29) is 0 Å². The van der Waals surface area contributed by atoms with Gasteiger partial charge in [0.2, 0.25) is 0 Å². The summed E-state index contributed by atoms with van der Waals surface area (Å²) in [6.07, 6.45) is 0. The molecule has 5 aromatic rings. The highest BCUT2D eigenvalue weighted by Crippen LogP contribution is 2.33. The third-order valence-electron chi connectivity index (χ3n) is 4.94. The zero-order valence-electron chi connectivity index (χ0n) is 15.8. The SMILES string of the molecule is N#Cc1cc2c(-c3ccc(Br)cc3)nn(-c3ccccc3)c2nc1-c1ccccc1. The molecule has 0 N–H and O–H groups in total. The van der Waals surface area contributed by atoms with Crippen molar-refractivity contribution in [2.45, 2.75) is 0 Å². The summed E-state index contributed by atoms with van der Waals surface area (Å²) in [5, 5.41) is 15.6. The van der Waals surface area contributed by atoms with Crippen LogP contribution in [0.5, 0.6) is 0 Å². The van der Waals surface area contributed by atoms with Gasteiger partial charge in [-0.1, -0.05) is 76.6 Å². The first-order valence-electron chi connectivity index (χ1n) is 9.45. The Labute approximate surface area is 182 Å². The number of nitriles is 1. The zero-order chi connectivity index (χ0) is 20.5. The topological polar surface area (TPSA) is 54.5 Å². The number of aromatic nitrogens is 3. The molecule has 30 heavy (non-hydrogen) atoms. The Kier molecular flexibility index (Phi) is 4.62. The van der Waals surface area contributed by atoms with Gasteiger partial charge in [-0.2, -0.15) is 10.4 Å². The van der Waals surface area contributed by atoms with Crippen LogP contribution in [0.1, 0.15) is 5.56 Å². The Morgan fingerprint density at radius 2 is 1.40 bits per heavy atom. The molecule has 0 aliphatic heterocycles. The van der Waals surface area contributed by atoms with Crippen molar-refractivity contribution in [3.63, 3.8) is 0 Å². The summed E-state index contributed by atoms with van der Waals surface area (Å²) >= 11 is 3.49. The zero-order valence-corrected chi connectivity index (χ0v) is 17.4. The highest BCUT2D eigenvalue weighted by atomic mass is 79.9. The number of pyridine rings is 1. The molecular weight excluding hydrogens is 436 g/mol. The van der Waals surface area contributed by atoms with Gasteiger partial charge in [-0.05, 0) is 30.3 Å². The summed E-state index contributed by atoms with van der Waals surface area (Å²) in [6, 6.07) is 31.9. The molecule has 4 nitrogen and oxygen atoms in total. The van der Waals surface area contributed by atoms with Gasteiger partial charge >= 0.3 is 0 Å². The Balaban J connectivity index is 1.84. The number of benzene rings is 3. The lowest BCUT2D eigenvalue weighted by atomic mass is 10.0. The summed E-state index contributed by atoms with van der Waals surface area (Å²) in [6.45, 7) is 0. The van der Waals surface area contributed by atoms with Gasteiger partial charge < -0.3 is 0 Å². The van der Waals surface area contributed by atoms with E-state index in [1.54, 1.807) is 0 Å². The van der Waals surface area contributed by atoms with E-state index < -0.39 is 0 Å². The number of halogens is 1. The Morgan fingerprint density at radius 3 is 2.07 bits per heavy atom. The summed E-state index contributed by atoms with van der Waals surface area (Å²) in [5.41, 5.74) is 5.49. The Bertz CT molecular complexity index is 1380. The smallest absolute Gasteiger partial charge is 0.164 e. The molecule has 2 heterocycles. The van der Waals surface area contributed by atoms with Crippen molar-refractivity contribution in [1.29, 1.82) is 5.26 Å². The van der Waals surface area contributed by atoms with Crippen molar-refractivity contribution in [3.8, 4) is 34.3 Å². The number of hydrogen-bond donors (Lipinski definition) is 0. The second-order valence-corrected chi connectivity index (χ2v) is 7.75. The van der Waals surface area contributed by atoms with Crippen molar-refractivity contribution >= 4 is 27.0 Å². The molecule has 0 bridgehead atoms. The highest BCUT2D eigenvalue weighted by Gasteiger charge is 2.19. The van der Waals surface area contributed by atoms with Gasteiger partial charge in [0.25, 0.3) is 0 Å². The molecule has 0 fully saturated rings. The Morgan fingerprint density at radius 1 is 0.767 bits per heavy atom. The molecule has 0 saturated carbocycles. The predicted molar refractivity (Wildman–Crippen MR) is 122 cm³/mol. The molecule has 0 aliphatic carbocycles. The number of hydrogen-bond acceptors (Lipinski definition) is 3. The lowest BCUT2D eigenvalue weighted by Crippen LogP contribution is -1.99. The summed E-state index contributed by atoms with van der Waals surface area (Å²) in [7, 11) is 0. The second-order valence-electron chi connectivity index (χ2n) is 6.84. The van der Waals surface area contributed by atoms with E-state index in [1.807, 2.05) is 95.7 Å². The van der Waals surface area contributed by atoms with E-state index in [4.69, 9.17) is 10.1 Å². The first-order chi connectivity index (χ1) is 14.7. The fraction of sp³-hybridized carbons (Fsp3) is 0. The molecule has 0 radical (unpaired) electrons. The van der Waals surface area contributed by atoms with Crippen molar-refractivity contribution in [2.24, 2.45) is 0 Å². The lowest BCUT2D eigenvalue weighted by Gasteiger charge is -2.06. The van der Waals surface area contributed by atoms with Crippen LogP contribution in [0.3, 0.4) is 0 Å². The van der Waals surface area contributed by atoms with E-state index in [2.05, 4.69) is 22.0 Å². The van der Waals surface area contributed by atoms with Crippen molar-refractivity contribution in [2.75, 3.05) is 0 Å². The average molecular weight is 451 g/mol. The lowest BCUT2D eigenvalue weighted by molar-refractivity contribution is 0.901.